The minimum atomic E-state index is -1.60. The topological polar surface area (TPSA) is 146 Å². The maximum atomic E-state index is 12.5. The largest absolute Gasteiger partial charge is 0.463 e. The number of hydrogen-bond acceptors (Lipinski definition) is 9. The van der Waals surface area contributed by atoms with Crippen LogP contribution in [0.1, 0.15) is 167 Å². The summed E-state index contributed by atoms with van der Waals surface area (Å²) in [6.45, 7) is 24.2. The van der Waals surface area contributed by atoms with Gasteiger partial charge in [0.05, 0.1) is 11.7 Å². The van der Waals surface area contributed by atoms with E-state index in [4.69, 9.17) is 14.2 Å². The lowest BCUT2D eigenvalue weighted by atomic mass is 9.71. The highest BCUT2D eigenvalue weighted by molar-refractivity contribution is 5.69. The number of esters is 1. The Balaban J connectivity index is 1.80. The lowest BCUT2D eigenvalue weighted by molar-refractivity contribution is -0.329. The third-order valence-electron chi connectivity index (χ3n) is 13.1. The molecule has 70 heavy (non-hydrogen) atoms. The Kier molecular flexibility index (Phi) is 29.3. The Labute approximate surface area is 424 Å². The van der Waals surface area contributed by atoms with Crippen molar-refractivity contribution in [2.75, 3.05) is 6.61 Å². The average Bonchev–Trinajstić information content (AvgIpc) is 3.29. The first-order valence-electron chi connectivity index (χ1n) is 26.1. The Morgan fingerprint density at radius 2 is 1.16 bits per heavy atom. The third kappa shape index (κ3) is 24.9. The van der Waals surface area contributed by atoms with Crippen LogP contribution in [0, 0.1) is 11.3 Å². The zero-order chi connectivity index (χ0) is 52.3. The van der Waals surface area contributed by atoms with Crippen LogP contribution in [0.4, 0.5) is 0 Å². The number of carbonyl (C=O) groups excluding carboxylic acids is 1. The second-order valence-electron chi connectivity index (χ2n) is 21.2. The highest BCUT2D eigenvalue weighted by Gasteiger charge is 2.47. The van der Waals surface area contributed by atoms with Gasteiger partial charge in [-0.05, 0) is 97.1 Å². The van der Waals surface area contributed by atoms with Crippen molar-refractivity contribution < 1.29 is 44.5 Å². The lowest BCUT2D eigenvalue weighted by Gasteiger charge is -2.43. The first kappa shape index (κ1) is 62.2. The summed E-state index contributed by atoms with van der Waals surface area (Å²) in [6.07, 6.45) is 39.0. The summed E-state index contributed by atoms with van der Waals surface area (Å²) >= 11 is 0. The van der Waals surface area contributed by atoms with Gasteiger partial charge in [0.15, 0.2) is 6.29 Å². The molecule has 0 aromatic rings. The molecule has 0 aromatic carbocycles. The van der Waals surface area contributed by atoms with E-state index in [0.29, 0.717) is 6.42 Å². The standard InChI is InChI=1S/C61H94O9/c1-44(2)27-20-18-16-14-13-15-17-19-21-36-55(64)68-43-53-56(65)57(66)58(67)59(69-53)70-61(11,12)54(63)40-38-49(7)35-26-33-47(5)32-24-30-45(3)28-22-23-29-46(4)31-25-34-48(6)37-39-51-50(8)52(62)41-42-60(51,9)10/h22-26,28-35,37-40,44,52-54,56-59,62-63,65-67H,13-21,27,36,41-43H2,1-12H3/b23-22+,30-24+,31-25+,33-26+,39-37+,40-38+,45-28+,46-29+,47-32+,48-34+,49-35+/t52?,53-,54+,56-,57+,58-,59+/m1/s1. The van der Waals surface area contributed by atoms with E-state index in [9.17, 15) is 30.3 Å². The number of ether oxygens (including phenoxy) is 3. The minimum Gasteiger partial charge on any atom is -0.463 e. The van der Waals surface area contributed by atoms with Crippen molar-refractivity contribution in [1.29, 1.82) is 0 Å². The van der Waals surface area contributed by atoms with E-state index in [1.54, 1.807) is 26.0 Å². The maximum Gasteiger partial charge on any atom is 0.305 e. The molecule has 5 N–H and O–H groups in total. The predicted octanol–water partition coefficient (Wildman–Crippen LogP) is 13.0. The van der Waals surface area contributed by atoms with Gasteiger partial charge in [0.25, 0.3) is 0 Å². The Morgan fingerprint density at radius 1 is 0.686 bits per heavy atom. The molecule has 1 heterocycles. The van der Waals surface area contributed by atoms with Crippen LogP contribution in [0.5, 0.6) is 0 Å². The zero-order valence-electron chi connectivity index (χ0n) is 45.2. The van der Waals surface area contributed by atoms with E-state index in [2.05, 4.69) is 97.1 Å². The molecule has 392 valence electrons. The molecular formula is C61H94O9. The Bertz CT molecular complexity index is 1960. The van der Waals surface area contributed by atoms with Crippen LogP contribution in [0.3, 0.4) is 0 Å². The summed E-state index contributed by atoms with van der Waals surface area (Å²) in [4.78, 5) is 12.5. The van der Waals surface area contributed by atoms with Crippen LogP contribution < -0.4 is 0 Å². The fourth-order valence-corrected chi connectivity index (χ4v) is 8.18. The molecule has 0 bridgehead atoms. The maximum absolute atomic E-state index is 12.5. The van der Waals surface area contributed by atoms with Gasteiger partial charge in [-0.3, -0.25) is 4.79 Å². The first-order valence-corrected chi connectivity index (χ1v) is 26.1. The molecule has 9 heteroatoms. The molecule has 1 saturated heterocycles. The van der Waals surface area contributed by atoms with Gasteiger partial charge in [0.1, 0.15) is 37.1 Å². The number of rotatable bonds is 29. The van der Waals surface area contributed by atoms with E-state index >= 15 is 0 Å². The quantitative estimate of drug-likeness (QED) is 0.0281. The number of aliphatic hydroxyl groups is 5. The molecule has 7 atom stereocenters. The van der Waals surface area contributed by atoms with Crippen molar-refractivity contribution in [2.45, 2.75) is 215 Å². The van der Waals surface area contributed by atoms with Gasteiger partial charge in [-0.1, -0.05) is 217 Å². The number of aliphatic hydroxyl groups excluding tert-OH is 5. The molecule has 2 rings (SSSR count). The molecule has 0 amide bonds. The molecule has 0 spiro atoms. The Hall–Kier alpha value is -3.93. The predicted molar refractivity (Wildman–Crippen MR) is 290 cm³/mol. The molecule has 1 fully saturated rings. The lowest BCUT2D eigenvalue weighted by Crippen LogP contribution is -2.61. The summed E-state index contributed by atoms with van der Waals surface area (Å²) in [7, 11) is 0. The van der Waals surface area contributed by atoms with Crippen molar-refractivity contribution in [1.82, 2.24) is 0 Å². The number of hydrogen-bond donors (Lipinski definition) is 5. The zero-order valence-corrected chi connectivity index (χ0v) is 45.2. The summed E-state index contributed by atoms with van der Waals surface area (Å²) in [6, 6.07) is 0. The van der Waals surface area contributed by atoms with E-state index in [1.807, 2.05) is 63.3 Å². The van der Waals surface area contributed by atoms with Crippen LogP contribution in [0.15, 0.2) is 142 Å². The van der Waals surface area contributed by atoms with Crippen LogP contribution in [0.25, 0.3) is 0 Å². The molecule has 1 unspecified atom stereocenters. The Morgan fingerprint density at radius 3 is 1.69 bits per heavy atom. The monoisotopic (exact) mass is 971 g/mol. The van der Waals surface area contributed by atoms with Gasteiger partial charge < -0.3 is 39.7 Å². The molecule has 0 aromatic heterocycles. The molecule has 1 aliphatic heterocycles. The fourth-order valence-electron chi connectivity index (χ4n) is 8.18. The second kappa shape index (κ2) is 32.9. The highest BCUT2D eigenvalue weighted by Crippen LogP contribution is 2.41. The molecule has 1 aliphatic carbocycles. The van der Waals surface area contributed by atoms with Gasteiger partial charge >= 0.3 is 5.97 Å². The van der Waals surface area contributed by atoms with Gasteiger partial charge in [-0.15, -0.1) is 0 Å². The molecule has 0 saturated carbocycles. The van der Waals surface area contributed by atoms with Gasteiger partial charge in [0.2, 0.25) is 0 Å². The summed E-state index contributed by atoms with van der Waals surface area (Å²) in [5.41, 5.74) is 6.46. The van der Waals surface area contributed by atoms with E-state index in [-0.39, 0.29) is 24.5 Å². The molecule has 9 nitrogen and oxygen atoms in total. The van der Waals surface area contributed by atoms with Crippen LogP contribution >= 0.6 is 0 Å². The molecule has 2 aliphatic rings. The van der Waals surface area contributed by atoms with Crippen molar-refractivity contribution in [3.8, 4) is 0 Å². The summed E-state index contributed by atoms with van der Waals surface area (Å²) in [5, 5.41) is 53.3. The summed E-state index contributed by atoms with van der Waals surface area (Å²) < 4.78 is 17.2. The first-order chi connectivity index (χ1) is 33.0. The van der Waals surface area contributed by atoms with Crippen molar-refractivity contribution >= 4 is 5.97 Å². The molecule has 0 radical (unpaired) electrons. The SMILES string of the molecule is CC1=C(/C=C/C(C)=C/C=C/C(C)=C/C=C/C=C(C)/C=C/C=C(C)/C=C/C=C(C)/C=C/[C@H](O)C(C)(C)O[C@@H]2O[C@H](COC(=O)CCCCCCCCCCCC(C)C)[C@@H](O)[C@H](O)[C@H]2O)C(C)(C)CCC1O. The van der Waals surface area contributed by atoms with Crippen molar-refractivity contribution in [3.63, 3.8) is 0 Å². The van der Waals surface area contributed by atoms with Crippen LogP contribution in [-0.4, -0.2) is 86.6 Å². The van der Waals surface area contributed by atoms with E-state index in [1.165, 1.54) is 44.1 Å². The number of unbranched alkanes of at least 4 members (excludes halogenated alkanes) is 8. The van der Waals surface area contributed by atoms with Gasteiger partial charge in [-0.2, -0.15) is 0 Å². The highest BCUT2D eigenvalue weighted by atomic mass is 16.7. The van der Waals surface area contributed by atoms with Gasteiger partial charge in [0, 0.05) is 6.42 Å². The van der Waals surface area contributed by atoms with Crippen LogP contribution in [0.2, 0.25) is 0 Å². The smallest absolute Gasteiger partial charge is 0.305 e. The van der Waals surface area contributed by atoms with Crippen LogP contribution in [-0.2, 0) is 19.0 Å². The number of allylic oxidation sites excluding steroid dienone is 22. The van der Waals surface area contributed by atoms with E-state index in [0.717, 1.165) is 71.5 Å². The fraction of sp³-hybridized carbons (Fsp3) is 0.590. The average molecular weight is 971 g/mol. The summed E-state index contributed by atoms with van der Waals surface area (Å²) in [5.74, 6) is 0.368. The van der Waals surface area contributed by atoms with Gasteiger partial charge in [-0.25, -0.2) is 0 Å². The molecular weight excluding hydrogens is 877 g/mol. The third-order valence-corrected chi connectivity index (χ3v) is 13.1. The number of carbonyl (C=O) groups is 1. The second-order valence-corrected chi connectivity index (χ2v) is 21.2. The van der Waals surface area contributed by atoms with Crippen molar-refractivity contribution in [2.24, 2.45) is 11.3 Å². The van der Waals surface area contributed by atoms with Crippen molar-refractivity contribution in [3.05, 3.63) is 142 Å². The normalized spacial score (nSPS) is 24.3. The van der Waals surface area contributed by atoms with E-state index < -0.39 is 48.4 Å². The minimum absolute atomic E-state index is 0.0716.